The predicted molar refractivity (Wildman–Crippen MR) is 56.1 cm³/mol. The van der Waals surface area contributed by atoms with Crippen LogP contribution in [0.3, 0.4) is 0 Å². The Bertz CT molecular complexity index is 386. The van der Waals surface area contributed by atoms with Crippen LogP contribution in [0, 0.1) is 0 Å². The predicted octanol–water partition coefficient (Wildman–Crippen LogP) is 3.07. The summed E-state index contributed by atoms with van der Waals surface area (Å²) in [6, 6.07) is 3.89. The van der Waals surface area contributed by atoms with Gasteiger partial charge in [-0.15, -0.1) is 11.5 Å². The molecule has 1 nitrogen and oxygen atoms in total. The van der Waals surface area contributed by atoms with Gasteiger partial charge in [-0.25, -0.2) is 0 Å². The molecule has 0 aliphatic heterocycles. The van der Waals surface area contributed by atoms with E-state index in [4.69, 9.17) is 0 Å². The Labute approximate surface area is 78.4 Å². The SMILES string of the molecule is C=C=Cc1ccc(C(C)=C=C)cn1. The van der Waals surface area contributed by atoms with Crippen LogP contribution in [0.4, 0.5) is 0 Å². The highest BCUT2D eigenvalue weighted by Gasteiger charge is 1.94. The molecule has 0 saturated heterocycles. The van der Waals surface area contributed by atoms with Crippen LogP contribution < -0.4 is 0 Å². The third kappa shape index (κ3) is 2.31. The fourth-order valence-corrected chi connectivity index (χ4v) is 0.919. The maximum atomic E-state index is 4.19. The summed E-state index contributed by atoms with van der Waals surface area (Å²) in [5, 5.41) is 0. The van der Waals surface area contributed by atoms with Gasteiger partial charge in [0, 0.05) is 17.8 Å². The molecule has 0 aromatic carbocycles. The van der Waals surface area contributed by atoms with E-state index in [2.05, 4.69) is 29.6 Å². The minimum atomic E-state index is 0.857. The molecule has 0 atom stereocenters. The Morgan fingerprint density at radius 3 is 2.69 bits per heavy atom. The molecule has 1 heterocycles. The molecule has 1 heteroatoms. The number of allylic oxidation sites excluding steroid dienone is 1. The molecule has 0 aliphatic carbocycles. The molecule has 0 saturated carbocycles. The van der Waals surface area contributed by atoms with Gasteiger partial charge >= 0.3 is 0 Å². The van der Waals surface area contributed by atoms with Gasteiger partial charge in [0.05, 0.1) is 5.69 Å². The Balaban J connectivity index is 3.07. The third-order valence-electron chi connectivity index (χ3n) is 1.73. The average Bonchev–Trinajstić information content (AvgIpc) is 2.18. The fourth-order valence-electron chi connectivity index (χ4n) is 0.919. The van der Waals surface area contributed by atoms with Gasteiger partial charge in [0.15, 0.2) is 0 Å². The molecule has 1 aromatic rings. The van der Waals surface area contributed by atoms with Crippen LogP contribution >= 0.6 is 0 Å². The second-order valence-electron chi connectivity index (χ2n) is 2.62. The summed E-state index contributed by atoms with van der Waals surface area (Å²) in [5.41, 5.74) is 8.39. The lowest BCUT2D eigenvalue weighted by atomic mass is 10.1. The summed E-state index contributed by atoms with van der Waals surface area (Å²) in [6.07, 6.45) is 3.52. The van der Waals surface area contributed by atoms with Gasteiger partial charge in [-0.2, -0.15) is 0 Å². The van der Waals surface area contributed by atoms with E-state index in [9.17, 15) is 0 Å². The van der Waals surface area contributed by atoms with Crippen molar-refractivity contribution in [3.05, 3.63) is 54.2 Å². The van der Waals surface area contributed by atoms with Crippen molar-refractivity contribution in [3.63, 3.8) is 0 Å². The third-order valence-corrected chi connectivity index (χ3v) is 1.73. The van der Waals surface area contributed by atoms with E-state index in [1.54, 1.807) is 12.3 Å². The van der Waals surface area contributed by atoms with Crippen LogP contribution in [0.1, 0.15) is 18.2 Å². The number of rotatable bonds is 2. The largest absolute Gasteiger partial charge is 0.256 e. The second kappa shape index (κ2) is 4.27. The van der Waals surface area contributed by atoms with Gasteiger partial charge in [-0.1, -0.05) is 19.2 Å². The molecule has 0 radical (unpaired) electrons. The standard InChI is InChI=1S/C12H11N/c1-4-6-12-8-7-11(9-13-12)10(3)5-2/h6-9H,1-2H2,3H3. The lowest BCUT2D eigenvalue weighted by Crippen LogP contribution is -1.83. The Hall–Kier alpha value is -1.81. The van der Waals surface area contributed by atoms with Crippen LogP contribution in [0.5, 0.6) is 0 Å². The smallest absolute Gasteiger partial charge is 0.0706 e. The summed E-state index contributed by atoms with van der Waals surface area (Å²) in [6.45, 7) is 9.01. The first-order valence-corrected chi connectivity index (χ1v) is 3.97. The highest BCUT2D eigenvalue weighted by atomic mass is 14.7. The molecule has 1 aromatic heterocycles. The maximum Gasteiger partial charge on any atom is 0.0706 e. The van der Waals surface area contributed by atoms with E-state index in [1.165, 1.54) is 0 Å². The Kier molecular flexibility index (Phi) is 3.05. The van der Waals surface area contributed by atoms with Crippen molar-refractivity contribution in [2.75, 3.05) is 0 Å². The Morgan fingerprint density at radius 2 is 2.23 bits per heavy atom. The number of hydrogen-bond donors (Lipinski definition) is 0. The summed E-state index contributed by atoms with van der Waals surface area (Å²) >= 11 is 0. The minimum absolute atomic E-state index is 0.857. The van der Waals surface area contributed by atoms with Crippen molar-refractivity contribution >= 4 is 11.6 Å². The molecule has 0 aliphatic rings. The second-order valence-corrected chi connectivity index (χ2v) is 2.62. The number of aromatic nitrogens is 1. The van der Waals surface area contributed by atoms with E-state index in [1.807, 2.05) is 19.1 Å². The molecule has 0 unspecified atom stereocenters. The van der Waals surface area contributed by atoms with Gasteiger partial charge in [0.2, 0.25) is 0 Å². The first-order valence-electron chi connectivity index (χ1n) is 3.97. The monoisotopic (exact) mass is 169 g/mol. The highest BCUT2D eigenvalue weighted by Crippen LogP contribution is 2.10. The molecule has 0 N–H and O–H groups in total. The molecule has 0 bridgehead atoms. The molecule has 1 rings (SSSR count). The van der Waals surface area contributed by atoms with Crippen LogP contribution in [0.25, 0.3) is 11.6 Å². The summed E-state index contributed by atoms with van der Waals surface area (Å²) in [4.78, 5) is 4.19. The van der Waals surface area contributed by atoms with Crippen LogP contribution in [-0.2, 0) is 0 Å². The lowest BCUT2D eigenvalue weighted by molar-refractivity contribution is 1.28. The quantitative estimate of drug-likeness (QED) is 0.620. The van der Waals surface area contributed by atoms with Crippen molar-refractivity contribution in [1.82, 2.24) is 4.98 Å². The van der Waals surface area contributed by atoms with Crippen molar-refractivity contribution < 1.29 is 0 Å². The van der Waals surface area contributed by atoms with Crippen molar-refractivity contribution in [1.29, 1.82) is 0 Å². The molecular formula is C12H11N. The normalized spacial score (nSPS) is 8.38. The fraction of sp³-hybridized carbons (Fsp3) is 0.0833. The summed E-state index contributed by atoms with van der Waals surface area (Å²) < 4.78 is 0. The van der Waals surface area contributed by atoms with E-state index in [0.29, 0.717) is 0 Å². The van der Waals surface area contributed by atoms with E-state index in [-0.39, 0.29) is 0 Å². The van der Waals surface area contributed by atoms with Crippen LogP contribution in [-0.4, -0.2) is 4.98 Å². The van der Waals surface area contributed by atoms with Crippen molar-refractivity contribution in [2.45, 2.75) is 6.92 Å². The summed E-state index contributed by atoms with van der Waals surface area (Å²) in [5.74, 6) is 0. The highest BCUT2D eigenvalue weighted by molar-refractivity contribution is 5.62. The molecule has 13 heavy (non-hydrogen) atoms. The zero-order valence-electron chi connectivity index (χ0n) is 7.67. The van der Waals surface area contributed by atoms with Crippen LogP contribution in [0.2, 0.25) is 0 Å². The molecule has 0 spiro atoms. The van der Waals surface area contributed by atoms with E-state index >= 15 is 0 Å². The number of hydrogen-bond acceptors (Lipinski definition) is 1. The van der Waals surface area contributed by atoms with Gasteiger partial charge in [0.25, 0.3) is 0 Å². The molecule has 64 valence electrons. The number of nitrogens with zero attached hydrogens (tertiary/aromatic N) is 1. The maximum absolute atomic E-state index is 4.19. The minimum Gasteiger partial charge on any atom is -0.256 e. The van der Waals surface area contributed by atoms with Gasteiger partial charge < -0.3 is 0 Å². The van der Waals surface area contributed by atoms with Gasteiger partial charge in [0.1, 0.15) is 0 Å². The van der Waals surface area contributed by atoms with Crippen molar-refractivity contribution in [3.8, 4) is 0 Å². The van der Waals surface area contributed by atoms with E-state index in [0.717, 1.165) is 16.8 Å². The zero-order valence-corrected chi connectivity index (χ0v) is 7.67. The van der Waals surface area contributed by atoms with Crippen molar-refractivity contribution in [2.24, 2.45) is 0 Å². The average molecular weight is 169 g/mol. The number of pyridine rings is 1. The molecular weight excluding hydrogens is 158 g/mol. The van der Waals surface area contributed by atoms with E-state index < -0.39 is 0 Å². The zero-order chi connectivity index (χ0) is 9.68. The topological polar surface area (TPSA) is 12.9 Å². The first-order chi connectivity index (χ1) is 6.27. The van der Waals surface area contributed by atoms with Gasteiger partial charge in [-0.3, -0.25) is 4.98 Å². The van der Waals surface area contributed by atoms with Gasteiger partial charge in [-0.05, 0) is 18.6 Å². The Morgan fingerprint density at radius 1 is 1.46 bits per heavy atom. The molecule has 0 amide bonds. The molecule has 0 fully saturated rings. The lowest BCUT2D eigenvalue weighted by Gasteiger charge is -1.97. The van der Waals surface area contributed by atoms with Crippen LogP contribution in [0.15, 0.2) is 42.9 Å². The first kappa shape index (κ1) is 9.28. The summed E-state index contributed by atoms with van der Waals surface area (Å²) in [7, 11) is 0.